The fourth-order valence-electron chi connectivity index (χ4n) is 4.17. The molecule has 150 valence electrons. The zero-order valence-corrected chi connectivity index (χ0v) is 16.4. The molecular weight excluding hydrogens is 366 g/mol. The van der Waals surface area contributed by atoms with Gasteiger partial charge in [0.05, 0.1) is 18.8 Å². The molecule has 6 nitrogen and oxygen atoms in total. The summed E-state index contributed by atoms with van der Waals surface area (Å²) in [5.74, 6) is 0.595. The smallest absolute Gasteiger partial charge is 0.260 e. The first kappa shape index (κ1) is 18.4. The molecular formula is C23H25N3O3. The summed E-state index contributed by atoms with van der Waals surface area (Å²) in [5.41, 5.74) is 5.78. The summed E-state index contributed by atoms with van der Waals surface area (Å²) in [6, 6.07) is 14.1. The maximum atomic E-state index is 12.5. The van der Waals surface area contributed by atoms with Crippen LogP contribution >= 0.6 is 0 Å². The predicted octanol–water partition coefficient (Wildman–Crippen LogP) is 2.46. The fraction of sp³-hybridized carbons (Fsp3) is 0.348. The van der Waals surface area contributed by atoms with Gasteiger partial charge >= 0.3 is 0 Å². The van der Waals surface area contributed by atoms with E-state index in [2.05, 4.69) is 33.7 Å². The summed E-state index contributed by atoms with van der Waals surface area (Å²) in [5, 5.41) is 6.46. The van der Waals surface area contributed by atoms with Gasteiger partial charge in [-0.05, 0) is 11.6 Å². The molecule has 0 atom stereocenters. The number of anilines is 1. The third-order valence-corrected chi connectivity index (χ3v) is 5.72. The lowest BCUT2D eigenvalue weighted by molar-refractivity contribution is -0.110. The normalized spacial score (nSPS) is 20.9. The zero-order valence-electron chi connectivity index (χ0n) is 16.4. The lowest BCUT2D eigenvalue weighted by Crippen LogP contribution is -2.40. The summed E-state index contributed by atoms with van der Waals surface area (Å²) in [7, 11) is 0. The lowest BCUT2D eigenvalue weighted by atomic mass is 9.99. The van der Waals surface area contributed by atoms with E-state index in [1.165, 1.54) is 5.56 Å². The molecule has 3 aliphatic rings. The Labute approximate surface area is 170 Å². The lowest BCUT2D eigenvalue weighted by Gasteiger charge is -2.26. The Morgan fingerprint density at radius 1 is 1.07 bits per heavy atom. The van der Waals surface area contributed by atoms with Crippen molar-refractivity contribution in [2.75, 3.05) is 44.7 Å². The number of ether oxygens (including phenoxy) is 2. The van der Waals surface area contributed by atoms with Crippen LogP contribution in [-0.4, -0.2) is 50.2 Å². The second-order valence-electron chi connectivity index (χ2n) is 7.61. The van der Waals surface area contributed by atoms with Crippen LogP contribution in [0.25, 0.3) is 11.3 Å². The largest absolute Gasteiger partial charge is 0.487 e. The summed E-state index contributed by atoms with van der Waals surface area (Å²) in [4.78, 5) is 15.0. The number of para-hydroxylation sites is 1. The Hall–Kier alpha value is -2.67. The van der Waals surface area contributed by atoms with Gasteiger partial charge in [-0.15, -0.1) is 0 Å². The van der Waals surface area contributed by atoms with Crippen molar-refractivity contribution < 1.29 is 14.3 Å². The van der Waals surface area contributed by atoms with Crippen molar-refractivity contribution in [1.29, 1.82) is 0 Å². The standard InChI is InChI=1S/C23H25N3O3/c27-23-21(19-3-1-2-4-20(19)25-23)22-18-6-5-16(13-17(18)15-29-22)14-24-7-8-26-9-11-28-12-10-26/h1-6,13,24H,7-12,14-15H2,(H,25,27)/b22-21+. The summed E-state index contributed by atoms with van der Waals surface area (Å²) >= 11 is 0. The van der Waals surface area contributed by atoms with Gasteiger partial charge in [-0.2, -0.15) is 0 Å². The molecule has 6 heteroatoms. The third kappa shape index (κ3) is 3.67. The number of hydrogen-bond donors (Lipinski definition) is 2. The Bertz CT molecular complexity index is 964. The Kier molecular flexibility index (Phi) is 5.06. The van der Waals surface area contributed by atoms with Crippen molar-refractivity contribution >= 4 is 22.9 Å². The van der Waals surface area contributed by atoms with Crippen LogP contribution in [-0.2, 0) is 27.4 Å². The Morgan fingerprint density at radius 2 is 1.93 bits per heavy atom. The number of morpholine rings is 1. The summed E-state index contributed by atoms with van der Waals surface area (Å²) in [6.45, 7) is 7.05. The fourth-order valence-corrected chi connectivity index (χ4v) is 4.17. The SMILES string of the molecule is O=C1Nc2ccccc2/C1=C1\OCc2cc(CNCCN3CCOCC3)ccc21. The molecule has 3 aliphatic heterocycles. The van der Waals surface area contributed by atoms with Crippen molar-refractivity contribution in [2.24, 2.45) is 0 Å². The highest BCUT2D eigenvalue weighted by atomic mass is 16.5. The molecule has 1 saturated heterocycles. The minimum Gasteiger partial charge on any atom is -0.487 e. The first-order valence-corrected chi connectivity index (χ1v) is 10.2. The first-order valence-electron chi connectivity index (χ1n) is 10.2. The highest BCUT2D eigenvalue weighted by molar-refractivity contribution is 6.36. The van der Waals surface area contributed by atoms with Crippen LogP contribution in [0.5, 0.6) is 0 Å². The van der Waals surface area contributed by atoms with Crippen LogP contribution in [0.3, 0.4) is 0 Å². The number of carbonyl (C=O) groups excluding carboxylic acids is 1. The number of nitrogens with zero attached hydrogens (tertiary/aromatic N) is 1. The van der Waals surface area contributed by atoms with Gasteiger partial charge in [0.1, 0.15) is 12.4 Å². The zero-order chi connectivity index (χ0) is 19.6. The van der Waals surface area contributed by atoms with Gasteiger partial charge in [-0.25, -0.2) is 0 Å². The quantitative estimate of drug-likeness (QED) is 0.606. The van der Waals surface area contributed by atoms with Gasteiger partial charge in [0.25, 0.3) is 5.91 Å². The van der Waals surface area contributed by atoms with Crippen LogP contribution < -0.4 is 10.6 Å². The summed E-state index contributed by atoms with van der Waals surface area (Å²) < 4.78 is 11.4. The molecule has 5 rings (SSSR count). The molecule has 1 fully saturated rings. The molecule has 0 aromatic heterocycles. The van der Waals surface area contributed by atoms with Crippen molar-refractivity contribution in [2.45, 2.75) is 13.2 Å². The van der Waals surface area contributed by atoms with E-state index in [0.717, 1.165) is 68.3 Å². The highest BCUT2D eigenvalue weighted by Gasteiger charge is 2.32. The monoisotopic (exact) mass is 391 g/mol. The number of hydrogen-bond acceptors (Lipinski definition) is 5. The minimum absolute atomic E-state index is 0.0945. The molecule has 0 unspecified atom stereocenters. The van der Waals surface area contributed by atoms with Crippen molar-refractivity contribution in [3.8, 4) is 0 Å². The van der Waals surface area contributed by atoms with E-state index in [1.807, 2.05) is 24.3 Å². The third-order valence-electron chi connectivity index (χ3n) is 5.72. The second-order valence-corrected chi connectivity index (χ2v) is 7.61. The van der Waals surface area contributed by atoms with Crippen molar-refractivity contribution in [1.82, 2.24) is 10.2 Å². The highest BCUT2D eigenvalue weighted by Crippen LogP contribution is 2.41. The van der Waals surface area contributed by atoms with Gasteiger partial charge in [0, 0.05) is 55.1 Å². The molecule has 0 radical (unpaired) electrons. The molecule has 0 bridgehead atoms. The van der Waals surface area contributed by atoms with E-state index in [4.69, 9.17) is 9.47 Å². The van der Waals surface area contributed by atoms with Gasteiger partial charge in [0.2, 0.25) is 0 Å². The first-order chi connectivity index (χ1) is 14.3. The average molecular weight is 391 g/mol. The van der Waals surface area contributed by atoms with Gasteiger partial charge in [-0.3, -0.25) is 9.69 Å². The van der Waals surface area contributed by atoms with Crippen LogP contribution in [0.15, 0.2) is 42.5 Å². The maximum absolute atomic E-state index is 12.5. The van der Waals surface area contributed by atoms with Crippen LogP contribution in [0.4, 0.5) is 5.69 Å². The molecule has 0 saturated carbocycles. The number of rotatable bonds is 5. The molecule has 2 aromatic carbocycles. The molecule has 2 N–H and O–H groups in total. The number of fused-ring (bicyclic) bond motifs is 2. The van der Waals surface area contributed by atoms with Crippen molar-refractivity contribution in [3.63, 3.8) is 0 Å². The molecule has 3 heterocycles. The van der Waals surface area contributed by atoms with Gasteiger partial charge in [-0.1, -0.05) is 36.4 Å². The van der Waals surface area contributed by atoms with E-state index >= 15 is 0 Å². The minimum atomic E-state index is -0.0945. The molecule has 2 aromatic rings. The predicted molar refractivity (Wildman–Crippen MR) is 112 cm³/mol. The number of nitrogens with one attached hydrogen (secondary N) is 2. The number of benzene rings is 2. The molecule has 0 aliphatic carbocycles. The summed E-state index contributed by atoms with van der Waals surface area (Å²) in [6.07, 6.45) is 0. The second kappa shape index (κ2) is 7.99. The Balaban J connectivity index is 1.28. The van der Waals surface area contributed by atoms with E-state index in [0.29, 0.717) is 17.9 Å². The van der Waals surface area contributed by atoms with Crippen molar-refractivity contribution in [3.05, 3.63) is 64.7 Å². The van der Waals surface area contributed by atoms with Crippen LogP contribution in [0, 0.1) is 0 Å². The topological polar surface area (TPSA) is 62.8 Å². The van der Waals surface area contributed by atoms with E-state index in [-0.39, 0.29) is 5.91 Å². The molecule has 1 amide bonds. The average Bonchev–Trinajstić information content (AvgIpc) is 3.31. The van der Waals surface area contributed by atoms with Crippen LogP contribution in [0.2, 0.25) is 0 Å². The van der Waals surface area contributed by atoms with Gasteiger partial charge in [0.15, 0.2) is 0 Å². The maximum Gasteiger partial charge on any atom is 0.260 e. The van der Waals surface area contributed by atoms with E-state index in [9.17, 15) is 4.79 Å². The molecule has 0 spiro atoms. The number of carbonyl (C=O) groups is 1. The van der Waals surface area contributed by atoms with Crippen LogP contribution in [0.1, 0.15) is 22.3 Å². The van der Waals surface area contributed by atoms with E-state index < -0.39 is 0 Å². The molecule has 29 heavy (non-hydrogen) atoms. The Morgan fingerprint density at radius 3 is 2.83 bits per heavy atom. The number of amides is 1. The van der Waals surface area contributed by atoms with Gasteiger partial charge < -0.3 is 20.1 Å². The van der Waals surface area contributed by atoms with E-state index in [1.54, 1.807) is 0 Å².